The molecular weight excluding hydrogens is 352 g/mol. The number of hydrogen-bond acceptors (Lipinski definition) is 9. The number of nitrogens with zero attached hydrogens (tertiary/aromatic N) is 4. The highest BCUT2D eigenvalue weighted by Gasteiger charge is 2.16. The van der Waals surface area contributed by atoms with Gasteiger partial charge in [-0.1, -0.05) is 5.16 Å². The number of hydrogen-bond donors (Lipinski definition) is 2. The van der Waals surface area contributed by atoms with E-state index < -0.39 is 0 Å². The Bertz CT molecular complexity index is 1040. The standard InChI is InChI=1S/C17H18N6O2S/c1-9-10(2)26-17-14(9)15(20-12(22-17)5-6-18)19-8-13-21-16(25-23-13)11-4-3-7-24-11/h3-4,7H,5-6,8,18H2,1-2H3,(H,19,20,22). The van der Waals surface area contributed by atoms with E-state index in [1.165, 1.54) is 10.4 Å². The van der Waals surface area contributed by atoms with E-state index in [2.05, 4.69) is 39.3 Å². The van der Waals surface area contributed by atoms with E-state index >= 15 is 0 Å². The van der Waals surface area contributed by atoms with E-state index in [0.29, 0.717) is 37.0 Å². The summed E-state index contributed by atoms with van der Waals surface area (Å²) >= 11 is 1.66. The van der Waals surface area contributed by atoms with E-state index in [-0.39, 0.29) is 0 Å². The van der Waals surface area contributed by atoms with Crippen LogP contribution in [0.3, 0.4) is 0 Å². The Morgan fingerprint density at radius 1 is 1.19 bits per heavy atom. The summed E-state index contributed by atoms with van der Waals surface area (Å²) < 4.78 is 10.5. The molecule has 0 bridgehead atoms. The van der Waals surface area contributed by atoms with E-state index in [9.17, 15) is 0 Å². The van der Waals surface area contributed by atoms with Gasteiger partial charge in [-0.15, -0.1) is 11.3 Å². The topological polar surface area (TPSA) is 116 Å². The summed E-state index contributed by atoms with van der Waals surface area (Å²) in [5.41, 5.74) is 6.84. The normalized spacial score (nSPS) is 11.3. The third-order valence-corrected chi connectivity index (χ3v) is 5.16. The van der Waals surface area contributed by atoms with Crippen molar-refractivity contribution in [2.45, 2.75) is 26.8 Å². The zero-order valence-corrected chi connectivity index (χ0v) is 15.3. The van der Waals surface area contributed by atoms with Gasteiger partial charge in [-0.2, -0.15) is 4.98 Å². The second-order valence-electron chi connectivity index (χ2n) is 5.84. The molecule has 4 rings (SSSR count). The van der Waals surface area contributed by atoms with E-state index in [4.69, 9.17) is 14.7 Å². The lowest BCUT2D eigenvalue weighted by molar-refractivity contribution is 0.410. The number of rotatable bonds is 6. The summed E-state index contributed by atoms with van der Waals surface area (Å²) in [5.74, 6) is 2.92. The van der Waals surface area contributed by atoms with Crippen LogP contribution in [0, 0.1) is 13.8 Å². The predicted molar refractivity (Wildman–Crippen MR) is 99.0 cm³/mol. The van der Waals surface area contributed by atoms with Gasteiger partial charge in [0.25, 0.3) is 5.89 Å². The van der Waals surface area contributed by atoms with Crippen LogP contribution in [0.2, 0.25) is 0 Å². The van der Waals surface area contributed by atoms with Crippen molar-refractivity contribution in [3.8, 4) is 11.7 Å². The van der Waals surface area contributed by atoms with Crippen molar-refractivity contribution in [2.75, 3.05) is 11.9 Å². The number of aryl methyl sites for hydroxylation is 2. The summed E-state index contributed by atoms with van der Waals surface area (Å²) in [4.78, 5) is 15.8. The van der Waals surface area contributed by atoms with Crippen LogP contribution in [0.1, 0.15) is 22.1 Å². The molecule has 0 atom stereocenters. The SMILES string of the molecule is Cc1sc2nc(CCN)nc(NCc3noc(-c4ccco4)n3)c2c1C. The zero-order valence-electron chi connectivity index (χ0n) is 14.4. The second kappa shape index (κ2) is 6.85. The molecule has 4 aromatic rings. The summed E-state index contributed by atoms with van der Waals surface area (Å²) in [7, 11) is 0. The molecule has 0 radical (unpaired) electrons. The average Bonchev–Trinajstić information content (AvgIpc) is 3.35. The molecule has 0 fully saturated rings. The molecule has 0 aromatic carbocycles. The van der Waals surface area contributed by atoms with Crippen LogP contribution in [-0.2, 0) is 13.0 Å². The van der Waals surface area contributed by atoms with Gasteiger partial charge in [-0.3, -0.25) is 0 Å². The predicted octanol–water partition coefficient (Wildman–Crippen LogP) is 3.06. The molecule has 9 heteroatoms. The zero-order chi connectivity index (χ0) is 18.1. The number of furan rings is 1. The van der Waals surface area contributed by atoms with Gasteiger partial charge in [-0.05, 0) is 38.1 Å². The average molecular weight is 370 g/mol. The van der Waals surface area contributed by atoms with E-state index in [1.807, 2.05) is 0 Å². The molecule has 4 heterocycles. The fourth-order valence-electron chi connectivity index (χ4n) is 2.65. The van der Waals surface area contributed by atoms with Crippen LogP contribution >= 0.6 is 11.3 Å². The molecule has 0 saturated heterocycles. The first-order valence-electron chi connectivity index (χ1n) is 8.22. The van der Waals surface area contributed by atoms with Gasteiger partial charge < -0.3 is 20.0 Å². The van der Waals surface area contributed by atoms with Crippen LogP contribution in [-0.4, -0.2) is 26.7 Å². The summed E-state index contributed by atoms with van der Waals surface area (Å²) in [6, 6.07) is 3.55. The Morgan fingerprint density at radius 2 is 2.08 bits per heavy atom. The minimum absolute atomic E-state index is 0.353. The quantitative estimate of drug-likeness (QED) is 0.532. The smallest absolute Gasteiger partial charge is 0.293 e. The van der Waals surface area contributed by atoms with Crippen LogP contribution in [0.25, 0.3) is 21.9 Å². The molecule has 0 spiro atoms. The Kier molecular flexibility index (Phi) is 4.39. The van der Waals surface area contributed by atoms with Crippen molar-refractivity contribution in [3.05, 3.63) is 40.5 Å². The summed E-state index contributed by atoms with van der Waals surface area (Å²) in [5, 5.41) is 8.33. The third-order valence-electron chi connectivity index (χ3n) is 4.06. The molecule has 0 aliphatic heterocycles. The van der Waals surface area contributed by atoms with Gasteiger partial charge in [0.05, 0.1) is 18.2 Å². The third kappa shape index (κ3) is 3.06. The van der Waals surface area contributed by atoms with Crippen LogP contribution in [0.15, 0.2) is 27.3 Å². The minimum atomic E-state index is 0.353. The maximum atomic E-state index is 5.67. The van der Waals surface area contributed by atoms with Crippen LogP contribution in [0.5, 0.6) is 0 Å². The molecule has 0 saturated carbocycles. The maximum Gasteiger partial charge on any atom is 0.293 e. The molecule has 0 unspecified atom stereocenters. The van der Waals surface area contributed by atoms with Gasteiger partial charge in [0.15, 0.2) is 11.6 Å². The minimum Gasteiger partial charge on any atom is -0.459 e. The fourth-order valence-corrected chi connectivity index (χ4v) is 3.70. The number of nitrogens with one attached hydrogen (secondary N) is 1. The lowest BCUT2D eigenvalue weighted by atomic mass is 10.2. The number of nitrogens with two attached hydrogens (primary N) is 1. The number of fused-ring (bicyclic) bond motifs is 1. The molecule has 0 aliphatic carbocycles. The highest BCUT2D eigenvalue weighted by molar-refractivity contribution is 7.18. The van der Waals surface area contributed by atoms with Crippen molar-refractivity contribution in [1.29, 1.82) is 0 Å². The Balaban J connectivity index is 1.62. The first-order valence-corrected chi connectivity index (χ1v) is 9.04. The molecule has 4 aromatic heterocycles. The molecular formula is C17H18N6O2S. The number of aromatic nitrogens is 4. The van der Waals surface area contributed by atoms with Crippen molar-refractivity contribution < 1.29 is 8.94 Å². The Morgan fingerprint density at radius 3 is 2.85 bits per heavy atom. The van der Waals surface area contributed by atoms with Crippen molar-refractivity contribution in [1.82, 2.24) is 20.1 Å². The summed E-state index contributed by atoms with van der Waals surface area (Å²) in [6.07, 6.45) is 2.20. The first-order chi connectivity index (χ1) is 12.7. The van der Waals surface area contributed by atoms with Gasteiger partial charge in [0.2, 0.25) is 0 Å². The highest BCUT2D eigenvalue weighted by Crippen LogP contribution is 2.33. The van der Waals surface area contributed by atoms with Crippen LogP contribution < -0.4 is 11.1 Å². The summed E-state index contributed by atoms with van der Waals surface area (Å²) in [6.45, 7) is 5.05. The highest BCUT2D eigenvalue weighted by atomic mass is 32.1. The molecule has 3 N–H and O–H groups in total. The fraction of sp³-hybridized carbons (Fsp3) is 0.294. The molecule has 0 aliphatic rings. The van der Waals surface area contributed by atoms with Gasteiger partial charge >= 0.3 is 0 Å². The number of thiophene rings is 1. The monoisotopic (exact) mass is 370 g/mol. The van der Waals surface area contributed by atoms with Gasteiger partial charge in [0, 0.05) is 11.3 Å². The second-order valence-corrected chi connectivity index (χ2v) is 7.04. The van der Waals surface area contributed by atoms with Gasteiger partial charge in [0.1, 0.15) is 16.5 Å². The largest absolute Gasteiger partial charge is 0.459 e. The number of anilines is 1. The van der Waals surface area contributed by atoms with E-state index in [0.717, 1.165) is 21.9 Å². The lowest BCUT2D eigenvalue weighted by Crippen LogP contribution is -2.10. The molecule has 0 amide bonds. The first kappa shape index (κ1) is 16.7. The lowest BCUT2D eigenvalue weighted by Gasteiger charge is -2.08. The maximum absolute atomic E-state index is 5.67. The van der Waals surface area contributed by atoms with Crippen molar-refractivity contribution in [2.24, 2.45) is 5.73 Å². The molecule has 26 heavy (non-hydrogen) atoms. The molecule has 134 valence electrons. The van der Waals surface area contributed by atoms with Gasteiger partial charge in [-0.25, -0.2) is 9.97 Å². The van der Waals surface area contributed by atoms with Crippen molar-refractivity contribution >= 4 is 27.4 Å². The van der Waals surface area contributed by atoms with Crippen molar-refractivity contribution in [3.63, 3.8) is 0 Å². The Hall–Kier alpha value is -2.78. The van der Waals surface area contributed by atoms with E-state index in [1.54, 1.807) is 29.7 Å². The Labute approximate surface area is 153 Å². The van der Waals surface area contributed by atoms with Crippen LogP contribution in [0.4, 0.5) is 5.82 Å². The molecule has 8 nitrogen and oxygen atoms in total.